The third-order valence-corrected chi connectivity index (χ3v) is 5.99. The van der Waals surface area contributed by atoms with E-state index in [2.05, 4.69) is 0 Å². The Morgan fingerprint density at radius 1 is 1.29 bits per heavy atom. The maximum atomic E-state index is 13.7. The summed E-state index contributed by atoms with van der Waals surface area (Å²) in [5.74, 6) is -0.507. The van der Waals surface area contributed by atoms with Gasteiger partial charge in [-0.15, -0.1) is 0 Å². The van der Waals surface area contributed by atoms with Gasteiger partial charge in [-0.1, -0.05) is 18.2 Å². The van der Waals surface area contributed by atoms with Gasteiger partial charge in [0, 0.05) is 13.1 Å². The number of rotatable bonds is 4. The highest BCUT2D eigenvalue weighted by molar-refractivity contribution is 7.93. The van der Waals surface area contributed by atoms with E-state index in [1.54, 1.807) is 0 Å². The van der Waals surface area contributed by atoms with Gasteiger partial charge in [-0.25, -0.2) is 12.8 Å². The van der Waals surface area contributed by atoms with Gasteiger partial charge < -0.3 is 10.5 Å². The van der Waals surface area contributed by atoms with Crippen LogP contribution in [0.4, 0.5) is 10.1 Å². The van der Waals surface area contributed by atoms with Crippen molar-refractivity contribution in [2.75, 3.05) is 18.0 Å². The van der Waals surface area contributed by atoms with Gasteiger partial charge in [0.25, 0.3) is 10.0 Å². The maximum absolute atomic E-state index is 13.7. The van der Waals surface area contributed by atoms with Gasteiger partial charge in [0.1, 0.15) is 16.5 Å². The van der Waals surface area contributed by atoms with Crippen LogP contribution in [0, 0.1) is 5.82 Å². The molecule has 0 unspecified atom stereocenters. The van der Waals surface area contributed by atoms with Crippen LogP contribution in [0.15, 0.2) is 41.3 Å². The molecule has 24 heavy (non-hydrogen) atoms. The largest absolute Gasteiger partial charge is 0.495 e. The molecular weight excluding hydrogens is 331 g/mol. The zero-order chi connectivity index (χ0) is 17.3. The van der Waals surface area contributed by atoms with Gasteiger partial charge in [-0.2, -0.15) is 0 Å². The lowest BCUT2D eigenvalue weighted by molar-refractivity contribution is 0.400. The Balaban J connectivity index is 2.19. The molecule has 0 atom stereocenters. The van der Waals surface area contributed by atoms with Crippen molar-refractivity contribution in [1.82, 2.24) is 0 Å². The van der Waals surface area contributed by atoms with E-state index in [4.69, 9.17) is 10.5 Å². The summed E-state index contributed by atoms with van der Waals surface area (Å²) in [5, 5.41) is 0. The van der Waals surface area contributed by atoms with E-state index in [-0.39, 0.29) is 17.2 Å². The van der Waals surface area contributed by atoms with Crippen molar-refractivity contribution >= 4 is 15.7 Å². The number of ether oxygens (including phenoxy) is 1. The van der Waals surface area contributed by atoms with Crippen molar-refractivity contribution in [2.45, 2.75) is 24.3 Å². The lowest BCUT2D eigenvalue weighted by Crippen LogP contribution is -2.36. The lowest BCUT2D eigenvalue weighted by atomic mass is 9.99. The van der Waals surface area contributed by atoms with Crippen molar-refractivity contribution in [3.63, 3.8) is 0 Å². The highest BCUT2D eigenvalue weighted by atomic mass is 32.2. The molecule has 0 radical (unpaired) electrons. The number of benzene rings is 2. The molecule has 0 saturated carbocycles. The molecule has 0 fully saturated rings. The fourth-order valence-corrected chi connectivity index (χ4v) is 4.82. The number of halogens is 1. The minimum Gasteiger partial charge on any atom is -0.495 e. The van der Waals surface area contributed by atoms with E-state index in [0.29, 0.717) is 18.7 Å². The number of fused-ring (bicyclic) bond motifs is 1. The summed E-state index contributed by atoms with van der Waals surface area (Å²) in [6.45, 7) is 0.557. The maximum Gasteiger partial charge on any atom is 0.268 e. The number of nitrogens with two attached hydrogens (primary N) is 1. The SMILES string of the molecule is COc1ccc(F)cc1S(=O)(=O)N1CCCc2cccc(CN)c21. The molecule has 2 aromatic rings. The number of aryl methyl sites for hydroxylation is 1. The fraction of sp³-hybridized carbons (Fsp3) is 0.294. The Morgan fingerprint density at radius 2 is 2.08 bits per heavy atom. The van der Waals surface area contributed by atoms with Gasteiger partial charge in [0.05, 0.1) is 12.8 Å². The molecule has 0 saturated heterocycles. The van der Waals surface area contributed by atoms with Crippen LogP contribution in [0.1, 0.15) is 17.5 Å². The Morgan fingerprint density at radius 3 is 2.79 bits per heavy atom. The predicted octanol–water partition coefficient (Wildman–Crippen LogP) is 2.43. The number of nitrogens with zero attached hydrogens (tertiary/aromatic N) is 1. The fourth-order valence-electron chi connectivity index (χ4n) is 3.07. The first-order valence-electron chi connectivity index (χ1n) is 7.66. The molecule has 1 aliphatic heterocycles. The monoisotopic (exact) mass is 350 g/mol. The molecule has 3 rings (SSSR count). The van der Waals surface area contributed by atoms with E-state index >= 15 is 0 Å². The molecule has 1 heterocycles. The number of sulfonamides is 1. The van der Waals surface area contributed by atoms with Crippen LogP contribution in [0.25, 0.3) is 0 Å². The molecule has 7 heteroatoms. The van der Waals surface area contributed by atoms with Crippen LogP contribution in [0.5, 0.6) is 5.75 Å². The number of para-hydroxylation sites is 1. The van der Waals surface area contributed by atoms with E-state index in [1.165, 1.54) is 23.5 Å². The Bertz CT molecular complexity index is 854. The first-order valence-corrected chi connectivity index (χ1v) is 9.10. The molecule has 0 bridgehead atoms. The summed E-state index contributed by atoms with van der Waals surface area (Å²) in [7, 11) is -2.60. The van der Waals surface area contributed by atoms with Crippen molar-refractivity contribution in [3.05, 3.63) is 53.3 Å². The molecule has 2 aromatic carbocycles. The zero-order valence-electron chi connectivity index (χ0n) is 13.3. The normalized spacial score (nSPS) is 14.4. The first kappa shape index (κ1) is 16.7. The summed E-state index contributed by atoms with van der Waals surface area (Å²) in [6.07, 6.45) is 1.48. The van der Waals surface area contributed by atoms with Crippen LogP contribution >= 0.6 is 0 Å². The summed E-state index contributed by atoms with van der Waals surface area (Å²) < 4.78 is 46.5. The number of hydrogen-bond acceptors (Lipinski definition) is 4. The van der Waals surface area contributed by atoms with Crippen molar-refractivity contribution < 1.29 is 17.5 Å². The number of anilines is 1. The molecule has 1 aliphatic rings. The van der Waals surface area contributed by atoms with Gasteiger partial charge in [-0.05, 0) is 42.2 Å². The molecule has 0 spiro atoms. The average molecular weight is 350 g/mol. The van der Waals surface area contributed by atoms with Gasteiger partial charge in [-0.3, -0.25) is 4.31 Å². The molecular formula is C17H19FN2O3S. The summed E-state index contributed by atoms with van der Waals surface area (Å²) in [4.78, 5) is -0.176. The second kappa shape index (κ2) is 6.41. The van der Waals surface area contributed by atoms with Crippen LogP contribution in [0.3, 0.4) is 0 Å². The molecule has 2 N–H and O–H groups in total. The molecule has 0 aromatic heterocycles. The third-order valence-electron chi connectivity index (χ3n) is 4.17. The van der Waals surface area contributed by atoms with Gasteiger partial charge >= 0.3 is 0 Å². The summed E-state index contributed by atoms with van der Waals surface area (Å²) >= 11 is 0. The highest BCUT2D eigenvalue weighted by Gasteiger charge is 2.33. The number of methoxy groups -OCH3 is 1. The topological polar surface area (TPSA) is 72.6 Å². The first-order chi connectivity index (χ1) is 11.5. The van der Waals surface area contributed by atoms with Crippen molar-refractivity contribution in [3.8, 4) is 5.75 Å². The third kappa shape index (κ3) is 2.74. The van der Waals surface area contributed by atoms with E-state index in [1.807, 2.05) is 18.2 Å². The molecule has 128 valence electrons. The average Bonchev–Trinajstić information content (AvgIpc) is 2.60. The van der Waals surface area contributed by atoms with Gasteiger partial charge in [0.2, 0.25) is 0 Å². The molecule has 5 nitrogen and oxygen atoms in total. The smallest absolute Gasteiger partial charge is 0.268 e. The summed E-state index contributed by atoms with van der Waals surface area (Å²) in [6, 6.07) is 9.08. The zero-order valence-corrected chi connectivity index (χ0v) is 14.1. The summed E-state index contributed by atoms with van der Waals surface area (Å²) in [5.41, 5.74) is 8.09. The Labute approximate surface area is 140 Å². The standard InChI is InChI=1S/C17H19FN2O3S/c1-23-15-8-7-14(18)10-16(15)24(21,22)20-9-3-6-12-4-2-5-13(11-19)17(12)20/h2,4-5,7-8,10H,3,6,9,11,19H2,1H3. The Hall–Kier alpha value is -2.12. The van der Waals surface area contributed by atoms with E-state index < -0.39 is 15.8 Å². The number of hydrogen-bond donors (Lipinski definition) is 1. The highest BCUT2D eigenvalue weighted by Crippen LogP contribution is 2.37. The van der Waals surface area contributed by atoms with Crippen molar-refractivity contribution in [2.24, 2.45) is 5.73 Å². The Kier molecular flexibility index (Phi) is 4.47. The van der Waals surface area contributed by atoms with Crippen LogP contribution < -0.4 is 14.8 Å². The quantitative estimate of drug-likeness (QED) is 0.919. The minimum atomic E-state index is -3.96. The molecule has 0 aliphatic carbocycles. The molecule has 0 amide bonds. The second-order valence-electron chi connectivity index (χ2n) is 5.60. The lowest BCUT2D eigenvalue weighted by Gasteiger charge is -2.32. The minimum absolute atomic E-state index is 0.119. The van der Waals surface area contributed by atoms with Crippen LogP contribution in [-0.2, 0) is 23.0 Å². The predicted molar refractivity (Wildman–Crippen MR) is 90.1 cm³/mol. The van der Waals surface area contributed by atoms with Gasteiger partial charge in [0.15, 0.2) is 0 Å². The van der Waals surface area contributed by atoms with E-state index in [0.717, 1.165) is 23.6 Å². The second-order valence-corrected chi connectivity index (χ2v) is 7.44. The van der Waals surface area contributed by atoms with E-state index in [9.17, 15) is 12.8 Å². The van der Waals surface area contributed by atoms with Crippen molar-refractivity contribution in [1.29, 1.82) is 0 Å². The van der Waals surface area contributed by atoms with Crippen LogP contribution in [-0.4, -0.2) is 22.1 Å². The van der Waals surface area contributed by atoms with Crippen LogP contribution in [0.2, 0.25) is 0 Å².